The minimum Gasteiger partial charge on any atom is -0.259 e. The average molecular weight is 280 g/mol. The number of hydrogen-bond acceptors (Lipinski definition) is 2. The Balaban J connectivity index is 2.99. The number of hydrogen-bond donors (Lipinski definition) is 1. The summed E-state index contributed by atoms with van der Waals surface area (Å²) in [5, 5.41) is 0. The fourth-order valence-corrected chi connectivity index (χ4v) is 1.95. The van der Waals surface area contributed by atoms with Crippen molar-refractivity contribution < 1.29 is 17.4 Å². The molecule has 0 saturated heterocycles. The van der Waals surface area contributed by atoms with Gasteiger partial charge in [0, 0.05) is 6.20 Å². The molecule has 7 heteroatoms. The SMILES string of the molecule is CC(C)(C)S(=O)NC(c1ccccn1)C(F)(F)F. The van der Waals surface area contributed by atoms with E-state index < -0.39 is 28.0 Å². The molecule has 1 aromatic heterocycles. The molecule has 0 bridgehead atoms. The van der Waals surface area contributed by atoms with Crippen LogP contribution in [0, 0.1) is 0 Å². The summed E-state index contributed by atoms with van der Waals surface area (Å²) in [5.74, 6) is 0. The standard InChI is InChI=1S/C11H15F3N2OS/c1-10(2,3)18(17)16-9(11(12,13)14)8-6-4-5-7-15-8/h4-7,9,16H,1-3H3. The maximum atomic E-state index is 12.9. The molecule has 0 spiro atoms. The monoisotopic (exact) mass is 280 g/mol. The number of pyridine rings is 1. The van der Waals surface area contributed by atoms with E-state index in [1.54, 1.807) is 20.8 Å². The minimum absolute atomic E-state index is 0.192. The second kappa shape index (κ2) is 5.36. The van der Waals surface area contributed by atoms with Crippen LogP contribution in [0.1, 0.15) is 32.5 Å². The first-order valence-corrected chi connectivity index (χ1v) is 6.43. The number of alkyl halides is 3. The van der Waals surface area contributed by atoms with Crippen molar-refractivity contribution in [2.45, 2.75) is 37.7 Å². The molecule has 0 radical (unpaired) electrons. The van der Waals surface area contributed by atoms with E-state index in [1.165, 1.54) is 24.4 Å². The van der Waals surface area contributed by atoms with Gasteiger partial charge in [0.15, 0.2) is 6.04 Å². The summed E-state index contributed by atoms with van der Waals surface area (Å²) in [7, 11) is -1.82. The molecule has 1 N–H and O–H groups in total. The van der Waals surface area contributed by atoms with Crippen molar-refractivity contribution in [1.29, 1.82) is 0 Å². The Morgan fingerprint density at radius 1 is 1.28 bits per heavy atom. The molecule has 102 valence electrons. The van der Waals surface area contributed by atoms with Crippen molar-refractivity contribution in [2.75, 3.05) is 0 Å². The lowest BCUT2D eigenvalue weighted by Crippen LogP contribution is -2.41. The van der Waals surface area contributed by atoms with Crippen molar-refractivity contribution >= 4 is 11.0 Å². The molecule has 1 heterocycles. The van der Waals surface area contributed by atoms with E-state index in [0.717, 1.165) is 0 Å². The predicted octanol–water partition coefficient (Wildman–Crippen LogP) is 2.74. The van der Waals surface area contributed by atoms with Crippen molar-refractivity contribution in [3.63, 3.8) is 0 Å². The van der Waals surface area contributed by atoms with Crippen LogP contribution in [0.5, 0.6) is 0 Å². The van der Waals surface area contributed by atoms with E-state index in [0.29, 0.717) is 0 Å². The van der Waals surface area contributed by atoms with Crippen LogP contribution in [0.4, 0.5) is 13.2 Å². The fraction of sp³-hybridized carbons (Fsp3) is 0.545. The highest BCUT2D eigenvalue weighted by molar-refractivity contribution is 7.84. The summed E-state index contributed by atoms with van der Waals surface area (Å²) in [6.07, 6.45) is -3.27. The van der Waals surface area contributed by atoms with Gasteiger partial charge in [0.2, 0.25) is 0 Å². The molecule has 2 unspecified atom stereocenters. The molecular weight excluding hydrogens is 265 g/mol. The van der Waals surface area contributed by atoms with Crippen LogP contribution in [0.15, 0.2) is 24.4 Å². The maximum Gasteiger partial charge on any atom is 0.410 e. The van der Waals surface area contributed by atoms with Gasteiger partial charge in [-0.2, -0.15) is 13.2 Å². The molecule has 0 fully saturated rings. The Morgan fingerprint density at radius 2 is 1.89 bits per heavy atom. The molecule has 0 aliphatic heterocycles. The Bertz CT molecular complexity index is 415. The van der Waals surface area contributed by atoms with Crippen molar-refractivity contribution in [3.8, 4) is 0 Å². The zero-order valence-electron chi connectivity index (χ0n) is 10.3. The Kier molecular flexibility index (Phi) is 4.50. The number of rotatable bonds is 3. The Labute approximate surface area is 106 Å². The topological polar surface area (TPSA) is 42.0 Å². The van der Waals surface area contributed by atoms with Gasteiger partial charge < -0.3 is 0 Å². The number of nitrogens with one attached hydrogen (secondary N) is 1. The highest BCUT2D eigenvalue weighted by atomic mass is 32.2. The molecule has 0 aliphatic rings. The first-order valence-electron chi connectivity index (χ1n) is 5.28. The smallest absolute Gasteiger partial charge is 0.259 e. The van der Waals surface area contributed by atoms with Crippen LogP contribution < -0.4 is 4.72 Å². The van der Waals surface area contributed by atoms with E-state index in [1.807, 2.05) is 0 Å². The minimum atomic E-state index is -4.55. The average Bonchev–Trinajstić information content (AvgIpc) is 2.23. The second-order valence-electron chi connectivity index (χ2n) is 4.73. The lowest BCUT2D eigenvalue weighted by atomic mass is 10.2. The van der Waals surface area contributed by atoms with Gasteiger partial charge in [0.1, 0.15) is 0 Å². The summed E-state index contributed by atoms with van der Waals surface area (Å²) in [4.78, 5) is 3.66. The van der Waals surface area contributed by atoms with Crippen molar-refractivity contribution in [3.05, 3.63) is 30.1 Å². The quantitative estimate of drug-likeness (QED) is 0.925. The molecule has 0 aromatic carbocycles. The molecule has 1 rings (SSSR count). The van der Waals surface area contributed by atoms with E-state index >= 15 is 0 Å². The van der Waals surface area contributed by atoms with E-state index in [9.17, 15) is 17.4 Å². The highest BCUT2D eigenvalue weighted by Crippen LogP contribution is 2.32. The third-order valence-electron chi connectivity index (χ3n) is 2.09. The van der Waals surface area contributed by atoms with Crippen LogP contribution in [0.3, 0.4) is 0 Å². The van der Waals surface area contributed by atoms with Gasteiger partial charge in [-0.05, 0) is 32.9 Å². The van der Waals surface area contributed by atoms with Crippen LogP contribution >= 0.6 is 0 Å². The third kappa shape index (κ3) is 4.06. The molecule has 0 aliphatic carbocycles. The Morgan fingerprint density at radius 3 is 2.28 bits per heavy atom. The van der Waals surface area contributed by atoms with Crippen molar-refractivity contribution in [1.82, 2.24) is 9.71 Å². The number of nitrogens with zero attached hydrogens (tertiary/aromatic N) is 1. The molecule has 2 atom stereocenters. The van der Waals surface area contributed by atoms with Crippen LogP contribution in [0.25, 0.3) is 0 Å². The fourth-order valence-electron chi connectivity index (χ4n) is 1.13. The first-order chi connectivity index (χ1) is 8.12. The Hall–Kier alpha value is -0.950. The highest BCUT2D eigenvalue weighted by Gasteiger charge is 2.43. The van der Waals surface area contributed by atoms with Crippen LogP contribution in [-0.2, 0) is 11.0 Å². The van der Waals surface area contributed by atoms with E-state index in [2.05, 4.69) is 9.71 Å². The van der Waals surface area contributed by atoms with Gasteiger partial charge in [-0.3, -0.25) is 4.98 Å². The van der Waals surface area contributed by atoms with Gasteiger partial charge in [-0.25, -0.2) is 8.93 Å². The van der Waals surface area contributed by atoms with Crippen molar-refractivity contribution in [2.24, 2.45) is 0 Å². The number of halogens is 3. The molecule has 0 amide bonds. The molecular formula is C11H15F3N2OS. The molecule has 0 saturated carbocycles. The second-order valence-corrected chi connectivity index (χ2v) is 6.73. The molecule has 3 nitrogen and oxygen atoms in total. The summed E-state index contributed by atoms with van der Waals surface area (Å²) >= 11 is 0. The normalized spacial score (nSPS) is 16.3. The molecule has 18 heavy (non-hydrogen) atoms. The van der Waals surface area contributed by atoms with Crippen LogP contribution in [0.2, 0.25) is 0 Å². The maximum absolute atomic E-state index is 12.9. The summed E-state index contributed by atoms with van der Waals surface area (Å²) in [5.41, 5.74) is -0.192. The van der Waals surface area contributed by atoms with Gasteiger partial charge in [0.25, 0.3) is 0 Å². The molecule has 1 aromatic rings. The van der Waals surface area contributed by atoms with Gasteiger partial charge in [-0.1, -0.05) is 6.07 Å². The zero-order chi connectivity index (χ0) is 14.0. The zero-order valence-corrected chi connectivity index (χ0v) is 11.1. The van der Waals surface area contributed by atoms with Gasteiger partial charge >= 0.3 is 6.18 Å². The largest absolute Gasteiger partial charge is 0.410 e. The van der Waals surface area contributed by atoms with Gasteiger partial charge in [-0.15, -0.1) is 0 Å². The first kappa shape index (κ1) is 15.1. The lowest BCUT2D eigenvalue weighted by Gasteiger charge is -2.25. The number of aromatic nitrogens is 1. The predicted molar refractivity (Wildman–Crippen MR) is 64.1 cm³/mol. The van der Waals surface area contributed by atoms with E-state index in [-0.39, 0.29) is 5.69 Å². The lowest BCUT2D eigenvalue weighted by molar-refractivity contribution is -0.153. The van der Waals surface area contributed by atoms with E-state index in [4.69, 9.17) is 0 Å². The summed E-state index contributed by atoms with van der Waals surface area (Å²) < 4.78 is 51.8. The van der Waals surface area contributed by atoms with Crippen LogP contribution in [-0.4, -0.2) is 20.1 Å². The van der Waals surface area contributed by atoms with Gasteiger partial charge in [0.05, 0.1) is 21.4 Å². The summed E-state index contributed by atoms with van der Waals surface area (Å²) in [6, 6.07) is 2.21. The third-order valence-corrected chi connectivity index (χ3v) is 3.65. The summed E-state index contributed by atoms with van der Waals surface area (Å²) in [6.45, 7) is 4.80.